The lowest BCUT2D eigenvalue weighted by Gasteiger charge is -2.37. The lowest BCUT2D eigenvalue weighted by molar-refractivity contribution is -0.145. The minimum atomic E-state index is 0.0547. The van der Waals surface area contributed by atoms with Gasteiger partial charge >= 0.3 is 0 Å². The number of methoxy groups -OCH3 is 2. The van der Waals surface area contributed by atoms with E-state index in [1.807, 2.05) is 40.1 Å². The topological polar surface area (TPSA) is 88.1 Å². The highest BCUT2D eigenvalue weighted by atomic mass is 16.5. The molecule has 2 aliphatic carbocycles. The number of carbonyl (C=O) groups excluding carboxylic acids is 2. The van der Waals surface area contributed by atoms with E-state index in [1.165, 1.54) is 0 Å². The molecule has 0 N–H and O–H groups in total. The van der Waals surface area contributed by atoms with Crippen molar-refractivity contribution in [2.45, 2.75) is 38.1 Å². The van der Waals surface area contributed by atoms with Crippen LogP contribution in [0.15, 0.2) is 30.3 Å². The van der Waals surface area contributed by atoms with Crippen LogP contribution in [-0.4, -0.2) is 84.8 Å². The maximum Gasteiger partial charge on any atom is 0.242 e. The monoisotopic (exact) mass is 479 g/mol. The number of aromatic nitrogens is 2. The molecule has 0 bridgehead atoms. The van der Waals surface area contributed by atoms with Crippen LogP contribution in [0, 0.1) is 5.92 Å². The Kier molecular flexibility index (Phi) is 6.74. The van der Waals surface area contributed by atoms with Gasteiger partial charge in [0.05, 0.1) is 19.9 Å². The molecule has 1 aliphatic heterocycles. The van der Waals surface area contributed by atoms with Crippen LogP contribution in [0.4, 0.5) is 5.82 Å². The number of amides is 2. The van der Waals surface area contributed by atoms with Gasteiger partial charge in [0.1, 0.15) is 6.54 Å². The first-order chi connectivity index (χ1) is 17.1. The van der Waals surface area contributed by atoms with Gasteiger partial charge in [-0.2, -0.15) is 0 Å². The van der Waals surface area contributed by atoms with Gasteiger partial charge in [-0.25, -0.2) is 0 Å². The maximum absolute atomic E-state index is 13.0. The van der Waals surface area contributed by atoms with E-state index in [9.17, 15) is 9.59 Å². The Bertz CT molecular complexity index is 1060. The lowest BCUT2D eigenvalue weighted by Crippen LogP contribution is -2.53. The van der Waals surface area contributed by atoms with Gasteiger partial charge in [0.25, 0.3) is 0 Å². The lowest BCUT2D eigenvalue weighted by atomic mass is 9.84. The summed E-state index contributed by atoms with van der Waals surface area (Å²) in [5.74, 6) is 2.49. The third-order valence-corrected chi connectivity index (χ3v) is 7.32. The maximum atomic E-state index is 13.0. The Hall–Kier alpha value is -3.36. The zero-order valence-electron chi connectivity index (χ0n) is 20.5. The van der Waals surface area contributed by atoms with Gasteiger partial charge in [-0.15, -0.1) is 10.2 Å². The fraction of sp³-hybridized carbons (Fsp3) is 0.538. The van der Waals surface area contributed by atoms with Crippen molar-refractivity contribution in [1.82, 2.24) is 20.0 Å². The first-order valence-electron chi connectivity index (χ1n) is 12.5. The summed E-state index contributed by atoms with van der Waals surface area (Å²) < 4.78 is 10.7. The normalized spacial score (nSPS) is 18.1. The smallest absolute Gasteiger partial charge is 0.242 e. The van der Waals surface area contributed by atoms with Gasteiger partial charge in [-0.1, -0.05) is 6.42 Å². The molecule has 2 aromatic rings. The highest BCUT2D eigenvalue weighted by Gasteiger charge is 2.39. The van der Waals surface area contributed by atoms with Crippen molar-refractivity contribution in [2.75, 3.05) is 51.8 Å². The number of piperazine rings is 1. The van der Waals surface area contributed by atoms with Crippen LogP contribution in [0.5, 0.6) is 11.5 Å². The van der Waals surface area contributed by atoms with Crippen molar-refractivity contribution >= 4 is 17.6 Å². The Labute approximate surface area is 206 Å². The molecule has 2 saturated carbocycles. The van der Waals surface area contributed by atoms with Crippen molar-refractivity contribution in [3.8, 4) is 22.8 Å². The summed E-state index contributed by atoms with van der Waals surface area (Å²) in [5.41, 5.74) is 1.65. The predicted molar refractivity (Wildman–Crippen MR) is 131 cm³/mol. The summed E-state index contributed by atoms with van der Waals surface area (Å²) >= 11 is 0. The minimum absolute atomic E-state index is 0.0547. The van der Waals surface area contributed by atoms with Crippen molar-refractivity contribution in [2.24, 2.45) is 5.92 Å². The second-order valence-electron chi connectivity index (χ2n) is 9.54. The molecule has 3 aliphatic rings. The van der Waals surface area contributed by atoms with E-state index in [1.54, 1.807) is 14.2 Å². The number of anilines is 1. The first kappa shape index (κ1) is 23.4. The quantitative estimate of drug-likeness (QED) is 0.575. The van der Waals surface area contributed by atoms with Crippen LogP contribution in [-0.2, 0) is 9.59 Å². The number of ether oxygens (including phenoxy) is 2. The standard InChI is InChI=1S/C26H33N5O4/c1-34-22-10-6-19(16-23(22)35-2)21-9-11-24(28-27-21)29-12-14-30(15-13-29)25(32)17-31(20-7-8-20)26(33)18-4-3-5-18/h6,9-11,16,18,20H,3-5,7-8,12-15,17H2,1-2H3. The fourth-order valence-electron chi connectivity index (χ4n) is 4.74. The number of hydrogen-bond acceptors (Lipinski definition) is 7. The van der Waals surface area contributed by atoms with Crippen LogP contribution in [0.2, 0.25) is 0 Å². The zero-order valence-corrected chi connectivity index (χ0v) is 20.5. The summed E-state index contributed by atoms with van der Waals surface area (Å²) in [4.78, 5) is 31.6. The molecular formula is C26H33N5O4. The molecule has 5 rings (SSSR count). The molecule has 0 unspecified atom stereocenters. The molecular weight excluding hydrogens is 446 g/mol. The van der Waals surface area contributed by atoms with Crippen LogP contribution >= 0.6 is 0 Å². The third kappa shape index (κ3) is 5.04. The predicted octanol–water partition coefficient (Wildman–Crippen LogP) is 2.60. The number of benzene rings is 1. The van der Waals surface area contributed by atoms with Gasteiger partial charge in [-0.05, 0) is 56.0 Å². The average molecular weight is 480 g/mol. The van der Waals surface area contributed by atoms with Crippen LogP contribution in [0.1, 0.15) is 32.1 Å². The largest absolute Gasteiger partial charge is 0.493 e. The van der Waals surface area contributed by atoms with Crippen LogP contribution < -0.4 is 14.4 Å². The van der Waals surface area contributed by atoms with E-state index < -0.39 is 0 Å². The zero-order chi connectivity index (χ0) is 24.4. The van der Waals surface area contributed by atoms with E-state index in [0.29, 0.717) is 37.7 Å². The van der Waals surface area contributed by atoms with Gasteiger partial charge in [0.15, 0.2) is 17.3 Å². The number of hydrogen-bond donors (Lipinski definition) is 0. The number of carbonyl (C=O) groups is 2. The Morgan fingerprint density at radius 2 is 1.69 bits per heavy atom. The molecule has 2 heterocycles. The molecule has 35 heavy (non-hydrogen) atoms. The van der Waals surface area contributed by atoms with E-state index in [4.69, 9.17) is 9.47 Å². The Morgan fingerprint density at radius 3 is 2.26 bits per heavy atom. The summed E-state index contributed by atoms with van der Waals surface area (Å²) in [6.07, 6.45) is 5.12. The van der Waals surface area contributed by atoms with Crippen molar-refractivity contribution in [3.63, 3.8) is 0 Å². The molecule has 186 valence electrons. The molecule has 9 nitrogen and oxygen atoms in total. The van der Waals surface area contributed by atoms with Gasteiger partial charge in [-0.3, -0.25) is 9.59 Å². The molecule has 1 aromatic carbocycles. The van der Waals surface area contributed by atoms with Crippen molar-refractivity contribution < 1.29 is 19.1 Å². The van der Waals surface area contributed by atoms with Gasteiger partial charge in [0, 0.05) is 43.7 Å². The molecule has 0 atom stereocenters. The number of nitrogens with zero attached hydrogens (tertiary/aromatic N) is 5. The van der Waals surface area contributed by atoms with E-state index >= 15 is 0 Å². The average Bonchev–Trinajstić information content (AvgIpc) is 3.71. The molecule has 3 fully saturated rings. The molecule has 9 heteroatoms. The summed E-state index contributed by atoms with van der Waals surface area (Å²) in [6, 6.07) is 9.84. The third-order valence-electron chi connectivity index (χ3n) is 7.32. The molecule has 1 saturated heterocycles. The number of rotatable bonds is 8. The second-order valence-corrected chi connectivity index (χ2v) is 9.54. The summed E-state index contributed by atoms with van der Waals surface area (Å²) in [6.45, 7) is 2.84. The van der Waals surface area contributed by atoms with Crippen molar-refractivity contribution in [3.05, 3.63) is 30.3 Å². The van der Waals surface area contributed by atoms with Gasteiger partial charge < -0.3 is 24.2 Å². The summed E-state index contributed by atoms with van der Waals surface area (Å²) in [5, 5.41) is 8.84. The molecule has 2 amide bonds. The molecule has 1 aromatic heterocycles. The van der Waals surface area contributed by atoms with E-state index in [0.717, 1.165) is 49.2 Å². The molecule has 0 spiro atoms. The molecule has 0 radical (unpaired) electrons. The first-order valence-corrected chi connectivity index (χ1v) is 12.5. The Morgan fingerprint density at radius 1 is 0.943 bits per heavy atom. The van der Waals surface area contributed by atoms with E-state index in [2.05, 4.69) is 15.1 Å². The Balaban J connectivity index is 1.16. The summed E-state index contributed by atoms with van der Waals surface area (Å²) in [7, 11) is 3.22. The van der Waals surface area contributed by atoms with Crippen LogP contribution in [0.3, 0.4) is 0 Å². The van der Waals surface area contributed by atoms with E-state index in [-0.39, 0.29) is 30.3 Å². The SMILES string of the molecule is COc1ccc(-c2ccc(N3CCN(C(=O)CN(C(=O)C4CCC4)C4CC4)CC3)nn2)cc1OC. The fourth-order valence-corrected chi connectivity index (χ4v) is 4.74. The highest BCUT2D eigenvalue weighted by Crippen LogP contribution is 2.34. The minimum Gasteiger partial charge on any atom is -0.493 e. The van der Waals surface area contributed by atoms with Gasteiger partial charge in [0.2, 0.25) is 11.8 Å². The van der Waals surface area contributed by atoms with Crippen molar-refractivity contribution in [1.29, 1.82) is 0 Å². The van der Waals surface area contributed by atoms with Crippen LogP contribution in [0.25, 0.3) is 11.3 Å². The second kappa shape index (κ2) is 10.1. The highest BCUT2D eigenvalue weighted by molar-refractivity contribution is 5.87.